The first-order chi connectivity index (χ1) is 9.95. The monoisotopic (exact) mass is 306 g/mol. The fraction of sp³-hybridized carbons (Fsp3) is 0.500. The summed E-state index contributed by atoms with van der Waals surface area (Å²) in [6.07, 6.45) is 2.51. The Hall–Kier alpha value is -1.51. The summed E-state index contributed by atoms with van der Waals surface area (Å²) in [7, 11) is 0. The first-order valence-electron chi connectivity index (χ1n) is 6.87. The molecule has 114 valence electrons. The van der Waals surface area contributed by atoms with Crippen molar-refractivity contribution >= 4 is 17.7 Å². The number of benzene rings is 1. The van der Waals surface area contributed by atoms with Gasteiger partial charge in [-0.15, -0.1) is 0 Å². The molecule has 0 spiro atoms. The average Bonchev–Trinajstić information content (AvgIpc) is 2.47. The standard InChI is InChI=1S/C16H22N2O2S/c1-16(2,13-6-4-5-12(9-13)10-17)15(20)18-14(7-8-19)11-21-3/h4-6,9,14,19H,7-8,11H2,1-3H3,(H,18,20). The highest BCUT2D eigenvalue weighted by molar-refractivity contribution is 7.98. The summed E-state index contributed by atoms with van der Waals surface area (Å²) in [4.78, 5) is 12.5. The van der Waals surface area contributed by atoms with Crippen molar-refractivity contribution in [3.05, 3.63) is 35.4 Å². The van der Waals surface area contributed by atoms with E-state index >= 15 is 0 Å². The first kappa shape index (κ1) is 17.5. The number of rotatable bonds is 7. The van der Waals surface area contributed by atoms with Gasteiger partial charge in [0.15, 0.2) is 0 Å². The molecule has 0 radical (unpaired) electrons. The van der Waals surface area contributed by atoms with Gasteiger partial charge < -0.3 is 10.4 Å². The third-order valence-corrected chi connectivity index (χ3v) is 4.20. The van der Waals surface area contributed by atoms with E-state index in [1.165, 1.54) is 0 Å². The second-order valence-electron chi connectivity index (χ2n) is 5.46. The fourth-order valence-electron chi connectivity index (χ4n) is 2.03. The molecule has 21 heavy (non-hydrogen) atoms. The largest absolute Gasteiger partial charge is 0.396 e. The van der Waals surface area contributed by atoms with Gasteiger partial charge in [0.25, 0.3) is 0 Å². The predicted octanol–water partition coefficient (Wildman–Crippen LogP) is 2.07. The lowest BCUT2D eigenvalue weighted by Gasteiger charge is -2.27. The molecule has 1 aromatic rings. The van der Waals surface area contributed by atoms with Crippen LogP contribution in [0.3, 0.4) is 0 Å². The summed E-state index contributed by atoms with van der Waals surface area (Å²) < 4.78 is 0. The highest BCUT2D eigenvalue weighted by Gasteiger charge is 2.31. The van der Waals surface area contributed by atoms with E-state index in [-0.39, 0.29) is 18.6 Å². The summed E-state index contributed by atoms with van der Waals surface area (Å²) in [5.74, 6) is 0.672. The minimum atomic E-state index is -0.723. The normalized spacial score (nSPS) is 12.5. The molecule has 0 fully saturated rings. The topological polar surface area (TPSA) is 73.1 Å². The van der Waals surface area contributed by atoms with Gasteiger partial charge in [-0.05, 0) is 44.2 Å². The number of nitrogens with one attached hydrogen (secondary N) is 1. The van der Waals surface area contributed by atoms with Gasteiger partial charge in [0.1, 0.15) is 0 Å². The van der Waals surface area contributed by atoms with Crippen LogP contribution in [-0.4, -0.2) is 35.7 Å². The predicted molar refractivity (Wildman–Crippen MR) is 86.2 cm³/mol. The number of thioether (sulfide) groups is 1. The van der Waals surface area contributed by atoms with E-state index in [2.05, 4.69) is 11.4 Å². The first-order valence-corrected chi connectivity index (χ1v) is 8.26. The maximum Gasteiger partial charge on any atom is 0.230 e. The molecule has 0 saturated heterocycles. The second-order valence-corrected chi connectivity index (χ2v) is 6.37. The van der Waals surface area contributed by atoms with Gasteiger partial charge >= 0.3 is 0 Å². The molecule has 0 aliphatic heterocycles. The van der Waals surface area contributed by atoms with Crippen LogP contribution in [0.2, 0.25) is 0 Å². The van der Waals surface area contributed by atoms with Crippen LogP contribution >= 0.6 is 11.8 Å². The molecule has 1 rings (SSSR count). The summed E-state index contributed by atoms with van der Waals surface area (Å²) in [5.41, 5.74) is 0.634. The number of aliphatic hydroxyl groups is 1. The highest BCUT2D eigenvalue weighted by Crippen LogP contribution is 2.24. The summed E-state index contributed by atoms with van der Waals surface area (Å²) in [5, 5.41) is 21.0. The number of nitrogens with zero attached hydrogens (tertiary/aromatic N) is 1. The van der Waals surface area contributed by atoms with Gasteiger partial charge in [-0.3, -0.25) is 4.79 Å². The van der Waals surface area contributed by atoms with Crippen LogP contribution in [0.5, 0.6) is 0 Å². The third kappa shape index (κ3) is 4.76. The van der Waals surface area contributed by atoms with Crippen molar-refractivity contribution in [3.8, 4) is 6.07 Å². The Morgan fingerprint density at radius 2 is 2.24 bits per heavy atom. The van der Waals surface area contributed by atoms with Crippen molar-refractivity contribution in [1.82, 2.24) is 5.32 Å². The van der Waals surface area contributed by atoms with Crippen molar-refractivity contribution in [2.45, 2.75) is 31.7 Å². The molecule has 1 atom stereocenters. The smallest absolute Gasteiger partial charge is 0.230 e. The Morgan fingerprint density at radius 1 is 1.52 bits per heavy atom. The zero-order valence-corrected chi connectivity index (χ0v) is 13.5. The SMILES string of the molecule is CSCC(CCO)NC(=O)C(C)(C)c1cccc(C#N)c1. The summed E-state index contributed by atoms with van der Waals surface area (Å²) in [6.45, 7) is 3.73. The van der Waals surface area contributed by atoms with Crippen LogP contribution in [0, 0.1) is 11.3 Å². The van der Waals surface area contributed by atoms with Crippen LogP contribution in [0.4, 0.5) is 0 Å². The van der Waals surface area contributed by atoms with E-state index < -0.39 is 5.41 Å². The maximum atomic E-state index is 12.5. The van der Waals surface area contributed by atoms with Gasteiger partial charge in [0.05, 0.1) is 17.0 Å². The van der Waals surface area contributed by atoms with E-state index in [4.69, 9.17) is 10.4 Å². The van der Waals surface area contributed by atoms with E-state index in [1.807, 2.05) is 26.2 Å². The van der Waals surface area contributed by atoms with Crippen molar-refractivity contribution in [1.29, 1.82) is 5.26 Å². The lowest BCUT2D eigenvalue weighted by molar-refractivity contribution is -0.126. The molecule has 1 aromatic carbocycles. The molecule has 0 aliphatic carbocycles. The van der Waals surface area contributed by atoms with Gasteiger partial charge in [0.2, 0.25) is 5.91 Å². The highest BCUT2D eigenvalue weighted by atomic mass is 32.2. The lowest BCUT2D eigenvalue weighted by atomic mass is 9.83. The molecule has 4 nitrogen and oxygen atoms in total. The van der Waals surface area contributed by atoms with Crippen molar-refractivity contribution in [2.24, 2.45) is 0 Å². The molecular weight excluding hydrogens is 284 g/mol. The Balaban J connectivity index is 2.89. The maximum absolute atomic E-state index is 12.5. The van der Waals surface area contributed by atoms with Gasteiger partial charge in [-0.25, -0.2) is 0 Å². The Bertz CT molecular complexity index is 517. The molecule has 0 bridgehead atoms. The summed E-state index contributed by atoms with van der Waals surface area (Å²) >= 11 is 1.64. The van der Waals surface area contributed by atoms with Crippen LogP contribution in [0.25, 0.3) is 0 Å². The zero-order valence-electron chi connectivity index (χ0n) is 12.7. The van der Waals surface area contributed by atoms with Gasteiger partial charge in [0, 0.05) is 18.4 Å². The molecule has 1 unspecified atom stereocenters. The Kier molecular flexibility index (Phi) is 6.73. The number of carbonyl (C=O) groups is 1. The molecule has 1 amide bonds. The van der Waals surface area contributed by atoms with E-state index in [0.29, 0.717) is 12.0 Å². The van der Waals surface area contributed by atoms with E-state index in [1.54, 1.807) is 30.0 Å². The third-order valence-electron chi connectivity index (χ3n) is 3.46. The van der Waals surface area contributed by atoms with Crippen molar-refractivity contribution in [3.63, 3.8) is 0 Å². The zero-order chi connectivity index (χ0) is 15.9. The number of carbonyl (C=O) groups excluding carboxylic acids is 1. The molecule has 0 aromatic heterocycles. The minimum Gasteiger partial charge on any atom is -0.396 e. The average molecular weight is 306 g/mol. The van der Waals surface area contributed by atoms with Crippen molar-refractivity contribution < 1.29 is 9.90 Å². The van der Waals surface area contributed by atoms with E-state index in [0.717, 1.165) is 11.3 Å². The minimum absolute atomic E-state index is 0.0454. The molecular formula is C16H22N2O2S. The van der Waals surface area contributed by atoms with Crippen LogP contribution in [0.15, 0.2) is 24.3 Å². The Labute approximate surface area is 130 Å². The van der Waals surface area contributed by atoms with E-state index in [9.17, 15) is 4.79 Å². The molecule has 0 aliphatic rings. The van der Waals surface area contributed by atoms with Crippen molar-refractivity contribution in [2.75, 3.05) is 18.6 Å². The number of hydrogen-bond acceptors (Lipinski definition) is 4. The van der Waals surface area contributed by atoms with Crippen LogP contribution in [0.1, 0.15) is 31.4 Å². The number of aliphatic hydroxyl groups excluding tert-OH is 1. The number of hydrogen-bond donors (Lipinski definition) is 2. The number of nitriles is 1. The van der Waals surface area contributed by atoms with Gasteiger partial charge in [-0.1, -0.05) is 12.1 Å². The number of amides is 1. The fourth-order valence-corrected chi connectivity index (χ4v) is 2.68. The van der Waals surface area contributed by atoms with Crippen LogP contribution in [-0.2, 0) is 10.2 Å². The molecule has 5 heteroatoms. The molecule has 0 heterocycles. The lowest BCUT2D eigenvalue weighted by Crippen LogP contribution is -2.46. The van der Waals surface area contributed by atoms with Gasteiger partial charge in [-0.2, -0.15) is 17.0 Å². The molecule has 2 N–H and O–H groups in total. The quantitative estimate of drug-likeness (QED) is 0.809. The molecule has 0 saturated carbocycles. The van der Waals surface area contributed by atoms with Crippen LogP contribution < -0.4 is 5.32 Å². The Morgan fingerprint density at radius 3 is 2.81 bits per heavy atom. The summed E-state index contributed by atoms with van der Waals surface area (Å²) in [6, 6.07) is 9.16. The second kappa shape index (κ2) is 8.06.